The van der Waals surface area contributed by atoms with Crippen molar-refractivity contribution in [2.75, 3.05) is 6.54 Å². The fourth-order valence-electron chi connectivity index (χ4n) is 1.01. The summed E-state index contributed by atoms with van der Waals surface area (Å²) in [5.74, 6) is 0.200. The van der Waals surface area contributed by atoms with Crippen molar-refractivity contribution in [1.29, 1.82) is 0 Å². The smallest absolute Gasteiger partial charge is 0.336 e. The van der Waals surface area contributed by atoms with Crippen molar-refractivity contribution in [1.82, 2.24) is 10.6 Å². The van der Waals surface area contributed by atoms with Gasteiger partial charge in [-0.15, -0.1) is 0 Å². The maximum absolute atomic E-state index is 11.2. The molecule has 0 saturated carbocycles. The number of aliphatic imine (C=N–C) groups is 1. The lowest BCUT2D eigenvalue weighted by atomic mass is 10.1. The highest BCUT2D eigenvalue weighted by molar-refractivity contribution is 6.11. The molecule has 1 aliphatic heterocycles. The minimum absolute atomic E-state index is 0.195. The number of rotatable bonds is 1. The van der Waals surface area contributed by atoms with Crippen molar-refractivity contribution in [3.63, 3.8) is 0 Å². The van der Waals surface area contributed by atoms with Crippen LogP contribution in [0.25, 0.3) is 0 Å². The molecular formula is C9H13N3O2. The molecule has 2 N–H and O–H groups in total. The highest BCUT2D eigenvalue weighted by Gasteiger charge is 2.13. The summed E-state index contributed by atoms with van der Waals surface area (Å²) >= 11 is 0. The average Bonchev–Trinajstić information content (AvgIpc) is 2.12. The average molecular weight is 195 g/mol. The molecule has 0 fully saturated rings. The van der Waals surface area contributed by atoms with Crippen LogP contribution in [0.3, 0.4) is 0 Å². The van der Waals surface area contributed by atoms with Gasteiger partial charge in [0.25, 0.3) is 5.91 Å². The van der Waals surface area contributed by atoms with Crippen LogP contribution in [0.5, 0.6) is 0 Å². The molecule has 3 amide bonds. The first-order valence-corrected chi connectivity index (χ1v) is 4.47. The molecule has 0 saturated heterocycles. The van der Waals surface area contributed by atoms with Gasteiger partial charge in [-0.2, -0.15) is 4.99 Å². The van der Waals surface area contributed by atoms with E-state index in [9.17, 15) is 9.59 Å². The van der Waals surface area contributed by atoms with Crippen molar-refractivity contribution in [2.45, 2.75) is 20.3 Å². The molecule has 5 nitrogen and oxygen atoms in total. The fraction of sp³-hybridized carbons (Fsp3) is 0.444. The normalized spacial score (nSPS) is 18.9. The third kappa shape index (κ3) is 2.69. The van der Waals surface area contributed by atoms with Crippen LogP contribution in [0, 0.1) is 0 Å². The van der Waals surface area contributed by atoms with Gasteiger partial charge in [0.1, 0.15) is 5.84 Å². The molecule has 1 rings (SSSR count). The van der Waals surface area contributed by atoms with Crippen molar-refractivity contribution in [3.8, 4) is 0 Å². The predicted octanol–water partition coefficient (Wildman–Crippen LogP) is 0.581. The molecule has 0 bridgehead atoms. The molecule has 0 aromatic carbocycles. The summed E-state index contributed by atoms with van der Waals surface area (Å²) in [4.78, 5) is 25.9. The Kier molecular flexibility index (Phi) is 3.39. The summed E-state index contributed by atoms with van der Waals surface area (Å²) in [6, 6.07) is -0.421. The minimum atomic E-state index is -0.421. The van der Waals surface area contributed by atoms with E-state index in [2.05, 4.69) is 15.6 Å². The van der Waals surface area contributed by atoms with Gasteiger partial charge in [0.2, 0.25) is 0 Å². The van der Waals surface area contributed by atoms with Crippen LogP contribution in [0.15, 0.2) is 16.6 Å². The molecule has 0 radical (unpaired) electrons. The van der Waals surface area contributed by atoms with E-state index in [-0.39, 0.29) is 5.91 Å². The van der Waals surface area contributed by atoms with Crippen LogP contribution in [0.2, 0.25) is 0 Å². The predicted molar refractivity (Wildman–Crippen MR) is 53.0 cm³/mol. The topological polar surface area (TPSA) is 70.6 Å². The minimum Gasteiger partial charge on any atom is -0.336 e. The maximum Gasteiger partial charge on any atom is 0.342 e. The van der Waals surface area contributed by atoms with Crippen molar-refractivity contribution >= 4 is 17.8 Å². The van der Waals surface area contributed by atoms with Crippen molar-refractivity contribution in [2.24, 2.45) is 4.99 Å². The number of hydrogen-bond donors (Lipinski definition) is 2. The van der Waals surface area contributed by atoms with E-state index >= 15 is 0 Å². The molecule has 5 heteroatoms. The van der Waals surface area contributed by atoms with Gasteiger partial charge in [-0.25, -0.2) is 4.79 Å². The summed E-state index contributed by atoms with van der Waals surface area (Å²) in [5.41, 5.74) is 0.653. The van der Waals surface area contributed by atoms with E-state index in [1.165, 1.54) is 0 Å². The van der Waals surface area contributed by atoms with Crippen LogP contribution in [-0.4, -0.2) is 24.3 Å². The quantitative estimate of drug-likeness (QED) is 0.642. The summed E-state index contributed by atoms with van der Waals surface area (Å²) in [6.07, 6.45) is 2.24. The molecule has 0 aliphatic carbocycles. The highest BCUT2D eigenvalue weighted by Crippen LogP contribution is 2.03. The van der Waals surface area contributed by atoms with E-state index in [1.807, 2.05) is 6.92 Å². The number of amidine groups is 1. The third-order valence-corrected chi connectivity index (χ3v) is 1.78. The van der Waals surface area contributed by atoms with Gasteiger partial charge < -0.3 is 10.6 Å². The zero-order valence-corrected chi connectivity index (χ0v) is 8.26. The van der Waals surface area contributed by atoms with E-state index in [0.29, 0.717) is 24.4 Å². The first-order chi connectivity index (χ1) is 6.63. The standard InChI is InChI=1S/C9H13N3O2/c1-3-10-9(14)12-7-5-4-6(2)8(13)11-7/h4H,3,5H2,1-2H3,(H2,10,11,12,13,14). The van der Waals surface area contributed by atoms with E-state index in [1.54, 1.807) is 13.0 Å². The van der Waals surface area contributed by atoms with Crippen molar-refractivity contribution in [3.05, 3.63) is 11.6 Å². The Balaban J connectivity index is 2.64. The number of amides is 3. The SMILES string of the molecule is CCNC(=O)N=C1CC=C(C)C(=O)N1. The Labute approximate surface area is 82.3 Å². The number of nitrogens with zero attached hydrogens (tertiary/aromatic N) is 1. The lowest BCUT2D eigenvalue weighted by molar-refractivity contribution is -0.116. The Bertz CT molecular complexity index is 318. The molecule has 0 unspecified atom stereocenters. The zero-order valence-electron chi connectivity index (χ0n) is 8.26. The molecule has 1 heterocycles. The van der Waals surface area contributed by atoms with E-state index in [4.69, 9.17) is 0 Å². The van der Waals surface area contributed by atoms with Gasteiger partial charge in [-0.3, -0.25) is 4.79 Å². The number of hydrogen-bond acceptors (Lipinski definition) is 2. The van der Waals surface area contributed by atoms with Gasteiger partial charge in [-0.05, 0) is 13.8 Å². The second-order valence-electron chi connectivity index (χ2n) is 2.94. The van der Waals surface area contributed by atoms with E-state index < -0.39 is 6.03 Å². The highest BCUT2D eigenvalue weighted by atomic mass is 16.2. The summed E-state index contributed by atoms with van der Waals surface area (Å²) in [5, 5.41) is 5.06. The van der Waals surface area contributed by atoms with Gasteiger partial charge in [0.05, 0.1) is 0 Å². The second kappa shape index (κ2) is 4.55. The Morgan fingerprint density at radius 1 is 1.71 bits per heavy atom. The first kappa shape index (κ1) is 10.4. The lowest BCUT2D eigenvalue weighted by Gasteiger charge is -2.12. The Morgan fingerprint density at radius 3 is 3.00 bits per heavy atom. The van der Waals surface area contributed by atoms with Gasteiger partial charge in [-0.1, -0.05) is 6.08 Å². The largest absolute Gasteiger partial charge is 0.342 e. The number of carbonyl (C=O) groups is 2. The first-order valence-electron chi connectivity index (χ1n) is 4.47. The molecule has 76 valence electrons. The van der Waals surface area contributed by atoms with Crippen LogP contribution in [-0.2, 0) is 4.79 Å². The summed E-state index contributed by atoms with van der Waals surface area (Å²) in [7, 11) is 0. The van der Waals surface area contributed by atoms with Crippen LogP contribution in [0.4, 0.5) is 4.79 Å². The summed E-state index contributed by atoms with van der Waals surface area (Å²) < 4.78 is 0. The molecule has 0 atom stereocenters. The van der Waals surface area contributed by atoms with Crippen LogP contribution >= 0.6 is 0 Å². The monoisotopic (exact) mass is 195 g/mol. The van der Waals surface area contributed by atoms with Crippen molar-refractivity contribution < 1.29 is 9.59 Å². The maximum atomic E-state index is 11.2. The Hall–Kier alpha value is -1.65. The number of carbonyl (C=O) groups excluding carboxylic acids is 2. The van der Waals surface area contributed by atoms with Gasteiger partial charge in [0, 0.05) is 18.5 Å². The molecule has 0 spiro atoms. The molecular weight excluding hydrogens is 182 g/mol. The Morgan fingerprint density at radius 2 is 2.43 bits per heavy atom. The molecule has 1 aliphatic rings. The van der Waals surface area contributed by atoms with E-state index in [0.717, 1.165) is 0 Å². The fourth-order valence-corrected chi connectivity index (χ4v) is 1.01. The molecule has 14 heavy (non-hydrogen) atoms. The molecule has 0 aromatic rings. The third-order valence-electron chi connectivity index (χ3n) is 1.78. The van der Waals surface area contributed by atoms with Gasteiger partial charge >= 0.3 is 6.03 Å². The molecule has 0 aromatic heterocycles. The van der Waals surface area contributed by atoms with Crippen LogP contribution in [0.1, 0.15) is 20.3 Å². The van der Waals surface area contributed by atoms with Crippen LogP contribution < -0.4 is 10.6 Å². The number of nitrogens with one attached hydrogen (secondary N) is 2. The number of urea groups is 1. The second-order valence-corrected chi connectivity index (χ2v) is 2.94. The zero-order chi connectivity index (χ0) is 10.6. The lowest BCUT2D eigenvalue weighted by Crippen LogP contribution is -2.35. The summed E-state index contributed by atoms with van der Waals surface area (Å²) in [6.45, 7) is 4.05. The van der Waals surface area contributed by atoms with Gasteiger partial charge in [0.15, 0.2) is 0 Å².